The zero-order valence-corrected chi connectivity index (χ0v) is 26.4. The summed E-state index contributed by atoms with van der Waals surface area (Å²) in [5, 5.41) is 23.1. The maximum Gasteiger partial charge on any atom is 0.408 e. The van der Waals surface area contributed by atoms with Crippen molar-refractivity contribution in [2.75, 3.05) is 62.4 Å². The van der Waals surface area contributed by atoms with Gasteiger partial charge < -0.3 is 19.3 Å². The van der Waals surface area contributed by atoms with Gasteiger partial charge in [-0.25, -0.2) is 9.13 Å². The van der Waals surface area contributed by atoms with E-state index in [-0.39, 0.29) is 14.9 Å². The summed E-state index contributed by atoms with van der Waals surface area (Å²) in [5.41, 5.74) is 3.96. The van der Waals surface area contributed by atoms with Gasteiger partial charge in [0.2, 0.25) is 0 Å². The SMILES string of the molecule is C.C.CCN(CCOCCOCCN(CC)c1ccc(N=Nc2scc[n+]2C)cc1)c1ccc(N=Nc2scc[n+]2C)cc1. The number of nitrogens with zero attached hydrogens (tertiary/aromatic N) is 8. The van der Waals surface area contributed by atoms with Crippen LogP contribution in [0.15, 0.2) is 92.1 Å². The molecule has 2 aromatic carbocycles. The van der Waals surface area contributed by atoms with E-state index in [0.717, 1.165) is 59.2 Å². The van der Waals surface area contributed by atoms with Crippen LogP contribution in [0.1, 0.15) is 28.7 Å². The number of azo groups is 2. The molecule has 2 heterocycles. The van der Waals surface area contributed by atoms with Crippen molar-refractivity contribution >= 4 is 55.7 Å². The molecule has 0 aliphatic rings. The van der Waals surface area contributed by atoms with E-state index in [4.69, 9.17) is 9.47 Å². The van der Waals surface area contributed by atoms with Crippen molar-refractivity contribution in [3.63, 3.8) is 0 Å². The molecule has 4 aromatic rings. The van der Waals surface area contributed by atoms with Gasteiger partial charge in [0.05, 0.1) is 50.8 Å². The van der Waals surface area contributed by atoms with Crippen LogP contribution < -0.4 is 18.9 Å². The second-order valence-corrected chi connectivity index (χ2v) is 11.2. The number of hydrogen-bond donors (Lipinski definition) is 0. The Bertz CT molecular complexity index is 1300. The molecular weight excluding hydrogens is 593 g/mol. The fourth-order valence-corrected chi connectivity index (χ4v) is 5.48. The molecule has 4 rings (SSSR count). The van der Waals surface area contributed by atoms with Crippen LogP contribution in [0.5, 0.6) is 0 Å². The quantitative estimate of drug-likeness (QED) is 0.0666. The molecule has 0 N–H and O–H groups in total. The van der Waals surface area contributed by atoms with Crippen LogP contribution in [0.3, 0.4) is 0 Å². The minimum absolute atomic E-state index is 0. The van der Waals surface area contributed by atoms with E-state index < -0.39 is 0 Å². The van der Waals surface area contributed by atoms with Crippen LogP contribution in [0.2, 0.25) is 0 Å². The molecule has 12 heteroatoms. The highest BCUT2D eigenvalue weighted by Crippen LogP contribution is 2.24. The molecule has 0 aliphatic carbocycles. The van der Waals surface area contributed by atoms with Gasteiger partial charge >= 0.3 is 10.3 Å². The van der Waals surface area contributed by atoms with E-state index in [0.29, 0.717) is 26.4 Å². The summed E-state index contributed by atoms with van der Waals surface area (Å²) in [6.45, 7) is 10.2. The molecule has 0 radical (unpaired) electrons. The van der Waals surface area contributed by atoms with Crippen molar-refractivity contribution in [1.29, 1.82) is 0 Å². The van der Waals surface area contributed by atoms with Gasteiger partial charge in [-0.05, 0) is 95.3 Å². The number of rotatable bonds is 17. The van der Waals surface area contributed by atoms with Crippen LogP contribution in [-0.2, 0) is 23.6 Å². The molecule has 0 saturated heterocycles. The maximum absolute atomic E-state index is 5.86. The predicted octanol–water partition coefficient (Wildman–Crippen LogP) is 7.95. The smallest absolute Gasteiger partial charge is 0.377 e. The Morgan fingerprint density at radius 2 is 0.977 bits per heavy atom. The highest BCUT2D eigenvalue weighted by atomic mass is 32.1. The van der Waals surface area contributed by atoms with Crippen molar-refractivity contribution in [3.05, 3.63) is 71.7 Å². The first-order valence-electron chi connectivity index (χ1n) is 14.1. The Balaban J connectivity index is 0.00000337. The molecule has 2 aromatic heterocycles. The minimum atomic E-state index is 0. The van der Waals surface area contributed by atoms with Crippen molar-refractivity contribution in [3.8, 4) is 0 Å². The van der Waals surface area contributed by atoms with Gasteiger partial charge in [0.1, 0.15) is 23.8 Å². The normalized spacial score (nSPS) is 11.1. The molecule has 10 nitrogen and oxygen atoms in total. The Morgan fingerprint density at radius 3 is 1.30 bits per heavy atom. The summed E-state index contributed by atoms with van der Waals surface area (Å²) in [6, 6.07) is 16.3. The number of benzene rings is 2. The van der Waals surface area contributed by atoms with Gasteiger partial charge in [-0.1, -0.05) is 14.9 Å². The average molecular weight is 641 g/mol. The second kappa shape index (κ2) is 19.6. The van der Waals surface area contributed by atoms with Gasteiger partial charge in [-0.15, -0.1) is 0 Å². The van der Waals surface area contributed by atoms with E-state index in [2.05, 4.69) is 68.4 Å². The van der Waals surface area contributed by atoms with Gasteiger partial charge in [0.15, 0.2) is 0 Å². The van der Waals surface area contributed by atoms with Crippen LogP contribution in [0, 0.1) is 0 Å². The van der Waals surface area contributed by atoms with E-state index in [1.54, 1.807) is 22.7 Å². The summed E-state index contributed by atoms with van der Waals surface area (Å²) in [5.74, 6) is 0. The molecule has 0 bridgehead atoms. The van der Waals surface area contributed by atoms with Gasteiger partial charge in [-0.3, -0.25) is 0 Å². The van der Waals surface area contributed by atoms with E-state index >= 15 is 0 Å². The van der Waals surface area contributed by atoms with Crippen LogP contribution >= 0.6 is 22.7 Å². The molecule has 238 valence electrons. The number of aryl methyl sites for hydroxylation is 2. The lowest BCUT2D eigenvalue weighted by Gasteiger charge is -2.23. The third-order valence-electron chi connectivity index (χ3n) is 6.60. The van der Waals surface area contributed by atoms with E-state index in [1.807, 2.05) is 70.6 Å². The topological polar surface area (TPSA) is 82.1 Å². The second-order valence-electron chi connectivity index (χ2n) is 9.41. The van der Waals surface area contributed by atoms with E-state index in [1.165, 1.54) is 0 Å². The largest absolute Gasteiger partial charge is 0.408 e. The highest BCUT2D eigenvalue weighted by Gasteiger charge is 2.10. The Labute approximate surface area is 271 Å². The lowest BCUT2D eigenvalue weighted by atomic mass is 10.2. The van der Waals surface area contributed by atoms with Crippen molar-refractivity contribution in [2.45, 2.75) is 28.7 Å². The zero-order valence-electron chi connectivity index (χ0n) is 24.8. The Hall–Kier alpha value is -3.58. The summed E-state index contributed by atoms with van der Waals surface area (Å²) < 4.78 is 15.6. The Morgan fingerprint density at radius 1 is 0.591 bits per heavy atom. The van der Waals surface area contributed by atoms with Gasteiger partial charge in [-0.2, -0.15) is 0 Å². The Kier molecular flexibility index (Phi) is 16.3. The zero-order chi connectivity index (χ0) is 29.6. The number of anilines is 2. The van der Waals surface area contributed by atoms with Crippen LogP contribution in [-0.4, -0.2) is 52.6 Å². The number of hydrogen-bond acceptors (Lipinski definition) is 10. The summed E-state index contributed by atoms with van der Waals surface area (Å²) >= 11 is 3.13. The lowest BCUT2D eigenvalue weighted by Crippen LogP contribution is -2.28. The number of likely N-dealkylation sites (N-methyl/N-ethyl adjacent to an activating group) is 2. The monoisotopic (exact) mass is 640 g/mol. The van der Waals surface area contributed by atoms with Crippen molar-refractivity contribution in [1.82, 2.24) is 0 Å². The standard InChI is InChI=1S/C30H40N8O2S2.2CH4/c1-5-37(27-11-7-25(8-12-27)31-33-29-35(3)17-23-41-29)15-19-39-21-22-40-20-16-38(6-2)28-13-9-26(10-14-28)32-34-30-36(4)18-24-42-30;;/h7-14,17-18,23-24H,5-6,15-16,19-22H2,1-4H3;2*1H4/q+2;;. The fourth-order valence-electron chi connectivity index (χ4n) is 4.12. The number of aromatic nitrogens is 2. The molecule has 0 spiro atoms. The molecule has 0 atom stereocenters. The molecule has 44 heavy (non-hydrogen) atoms. The fraction of sp³-hybridized carbons (Fsp3) is 0.438. The molecule has 0 unspecified atom stereocenters. The third-order valence-corrected chi connectivity index (χ3v) is 8.27. The number of thiazole rings is 2. The lowest BCUT2D eigenvalue weighted by molar-refractivity contribution is -0.654. The minimum Gasteiger partial charge on any atom is -0.377 e. The summed E-state index contributed by atoms with van der Waals surface area (Å²) in [6.07, 6.45) is 3.94. The molecule has 0 aliphatic heterocycles. The van der Waals surface area contributed by atoms with E-state index in [9.17, 15) is 0 Å². The number of ether oxygens (including phenoxy) is 2. The first-order valence-corrected chi connectivity index (χ1v) is 15.9. The maximum atomic E-state index is 5.86. The molecular formula is C32H48N8O2S2+2. The molecule has 0 amide bonds. The predicted molar refractivity (Wildman–Crippen MR) is 183 cm³/mol. The molecule has 0 fully saturated rings. The first kappa shape index (κ1) is 36.6. The summed E-state index contributed by atoms with van der Waals surface area (Å²) in [7, 11) is 3.93. The van der Waals surface area contributed by atoms with Gasteiger partial charge in [0.25, 0.3) is 0 Å². The van der Waals surface area contributed by atoms with Crippen LogP contribution in [0.4, 0.5) is 33.0 Å². The average Bonchev–Trinajstić information content (AvgIpc) is 3.63. The van der Waals surface area contributed by atoms with Crippen molar-refractivity contribution in [2.24, 2.45) is 34.6 Å². The van der Waals surface area contributed by atoms with Gasteiger partial charge in [0, 0.05) is 48.3 Å². The molecule has 0 saturated carbocycles. The third kappa shape index (κ3) is 11.2. The summed E-state index contributed by atoms with van der Waals surface area (Å²) in [4.78, 5) is 4.57. The van der Waals surface area contributed by atoms with Crippen molar-refractivity contribution < 1.29 is 18.6 Å². The highest BCUT2D eigenvalue weighted by molar-refractivity contribution is 7.13. The first-order chi connectivity index (χ1) is 20.6. The van der Waals surface area contributed by atoms with Crippen LogP contribution in [0.25, 0.3) is 0 Å².